The molecule has 0 atom stereocenters. The summed E-state index contributed by atoms with van der Waals surface area (Å²) >= 11 is 0. The van der Waals surface area contributed by atoms with Gasteiger partial charge in [-0.1, -0.05) is 0 Å². The number of carbonyl (C=O) groups excluding carboxylic acids is 1. The summed E-state index contributed by atoms with van der Waals surface area (Å²) in [4.78, 5) is 13.9. The Morgan fingerprint density at radius 2 is 2.10 bits per heavy atom. The van der Waals surface area contributed by atoms with E-state index in [1.807, 2.05) is 4.90 Å². The molecule has 1 fully saturated rings. The predicted molar refractivity (Wildman–Crippen MR) is 76.3 cm³/mol. The number of hydrogen-bond acceptors (Lipinski definition) is 4. The van der Waals surface area contributed by atoms with Gasteiger partial charge in [-0.25, -0.2) is 4.39 Å². The number of nitrogens with zero attached hydrogens (tertiary/aromatic N) is 1. The number of benzene rings is 1. The molecule has 0 saturated carbocycles. The molecule has 1 saturated heterocycles. The second-order valence-corrected chi connectivity index (χ2v) is 4.87. The molecule has 2 rings (SSSR count). The van der Waals surface area contributed by atoms with Gasteiger partial charge >= 0.3 is 0 Å². The summed E-state index contributed by atoms with van der Waals surface area (Å²) in [6.07, 6.45) is 3.29. The van der Waals surface area contributed by atoms with E-state index in [9.17, 15) is 9.18 Å². The first-order chi connectivity index (χ1) is 9.61. The van der Waals surface area contributed by atoms with Crippen molar-refractivity contribution < 1.29 is 13.9 Å². The Bertz CT molecular complexity index is 488. The standard InChI is InChI=1S/C14H20FN3O2/c1-20-13-8-12(11(16)7-10(13)15)17-9-14(19)18-5-3-2-4-6-18/h7-8,17H,2-6,9,16H2,1H3. The number of likely N-dealkylation sites (tertiary alicyclic amines) is 1. The lowest BCUT2D eigenvalue weighted by Gasteiger charge is -2.27. The quantitative estimate of drug-likeness (QED) is 0.826. The Hall–Kier alpha value is -1.98. The molecule has 5 nitrogen and oxygen atoms in total. The number of piperidine rings is 1. The third kappa shape index (κ3) is 3.31. The molecule has 0 aliphatic carbocycles. The fraction of sp³-hybridized carbons (Fsp3) is 0.500. The van der Waals surface area contributed by atoms with Crippen molar-refractivity contribution in [3.8, 4) is 5.75 Å². The van der Waals surface area contributed by atoms with Crippen LogP contribution < -0.4 is 15.8 Å². The van der Waals surface area contributed by atoms with Crippen LogP contribution in [0.25, 0.3) is 0 Å². The van der Waals surface area contributed by atoms with Crippen molar-refractivity contribution >= 4 is 17.3 Å². The van der Waals surface area contributed by atoms with Gasteiger partial charge in [-0.2, -0.15) is 0 Å². The van der Waals surface area contributed by atoms with Gasteiger partial charge in [0.15, 0.2) is 11.6 Å². The van der Waals surface area contributed by atoms with Crippen LogP contribution in [0.15, 0.2) is 12.1 Å². The SMILES string of the molecule is COc1cc(NCC(=O)N2CCCCC2)c(N)cc1F. The third-order valence-corrected chi connectivity index (χ3v) is 3.46. The number of nitrogens with one attached hydrogen (secondary N) is 1. The van der Waals surface area contributed by atoms with Gasteiger partial charge < -0.3 is 20.7 Å². The van der Waals surface area contributed by atoms with Crippen molar-refractivity contribution in [2.45, 2.75) is 19.3 Å². The normalized spacial score (nSPS) is 15.0. The Balaban J connectivity index is 1.97. The first-order valence-corrected chi connectivity index (χ1v) is 6.76. The molecule has 0 radical (unpaired) electrons. The molecule has 0 bridgehead atoms. The van der Waals surface area contributed by atoms with Crippen LogP contribution in [0, 0.1) is 5.82 Å². The highest BCUT2D eigenvalue weighted by molar-refractivity contribution is 5.82. The summed E-state index contributed by atoms with van der Waals surface area (Å²) < 4.78 is 18.3. The van der Waals surface area contributed by atoms with Gasteiger partial charge in [-0.15, -0.1) is 0 Å². The maximum absolute atomic E-state index is 13.4. The maximum atomic E-state index is 13.4. The molecule has 1 amide bonds. The van der Waals surface area contributed by atoms with Crippen LogP contribution in [0.5, 0.6) is 5.75 Å². The lowest BCUT2D eigenvalue weighted by molar-refractivity contribution is -0.130. The highest BCUT2D eigenvalue weighted by atomic mass is 19.1. The average Bonchev–Trinajstić information content (AvgIpc) is 2.47. The molecule has 20 heavy (non-hydrogen) atoms. The summed E-state index contributed by atoms with van der Waals surface area (Å²) in [5.74, 6) is -0.377. The molecule has 1 aromatic carbocycles. The Morgan fingerprint density at radius 1 is 1.40 bits per heavy atom. The number of anilines is 2. The van der Waals surface area contributed by atoms with Crippen molar-refractivity contribution in [1.29, 1.82) is 0 Å². The van der Waals surface area contributed by atoms with Gasteiger partial charge in [0.25, 0.3) is 0 Å². The maximum Gasteiger partial charge on any atom is 0.241 e. The predicted octanol–water partition coefficient (Wildman–Crippen LogP) is 1.84. The van der Waals surface area contributed by atoms with Gasteiger partial charge in [0, 0.05) is 25.2 Å². The third-order valence-electron chi connectivity index (χ3n) is 3.46. The zero-order valence-corrected chi connectivity index (χ0v) is 11.6. The fourth-order valence-corrected chi connectivity index (χ4v) is 2.30. The number of carbonyl (C=O) groups is 1. The fourth-order valence-electron chi connectivity index (χ4n) is 2.30. The molecule has 3 N–H and O–H groups in total. The second-order valence-electron chi connectivity index (χ2n) is 4.87. The van der Waals surface area contributed by atoms with Crippen LogP contribution in [-0.2, 0) is 4.79 Å². The molecule has 1 aromatic rings. The van der Waals surface area contributed by atoms with E-state index in [1.165, 1.54) is 25.7 Å². The molecule has 1 heterocycles. The number of nitrogens with two attached hydrogens (primary N) is 1. The van der Waals surface area contributed by atoms with Gasteiger partial charge in [0.05, 0.1) is 25.0 Å². The van der Waals surface area contributed by atoms with E-state index < -0.39 is 5.82 Å². The summed E-state index contributed by atoms with van der Waals surface area (Å²) in [6, 6.07) is 2.65. The number of ether oxygens (including phenoxy) is 1. The highest BCUT2D eigenvalue weighted by Crippen LogP contribution is 2.27. The van der Waals surface area contributed by atoms with Crippen molar-refractivity contribution in [2.75, 3.05) is 37.8 Å². The molecular formula is C14H20FN3O2. The van der Waals surface area contributed by atoms with Gasteiger partial charge in [-0.3, -0.25) is 4.79 Å². The second kappa shape index (κ2) is 6.45. The minimum atomic E-state index is -0.516. The Morgan fingerprint density at radius 3 is 2.75 bits per heavy atom. The summed E-state index contributed by atoms with van der Waals surface area (Å²) in [5, 5.41) is 2.95. The van der Waals surface area contributed by atoms with E-state index in [2.05, 4.69) is 5.32 Å². The molecule has 1 aliphatic heterocycles. The van der Waals surface area contributed by atoms with E-state index in [1.54, 1.807) is 0 Å². The summed E-state index contributed by atoms with van der Waals surface area (Å²) in [5.41, 5.74) is 6.49. The van der Waals surface area contributed by atoms with E-state index >= 15 is 0 Å². The molecule has 0 spiro atoms. The number of amides is 1. The highest BCUT2D eigenvalue weighted by Gasteiger charge is 2.16. The van der Waals surface area contributed by atoms with Crippen LogP contribution in [-0.4, -0.2) is 37.6 Å². The topological polar surface area (TPSA) is 67.6 Å². The van der Waals surface area contributed by atoms with E-state index in [4.69, 9.17) is 10.5 Å². The zero-order chi connectivity index (χ0) is 14.5. The Kier molecular flexibility index (Phi) is 4.65. The molecule has 1 aliphatic rings. The lowest BCUT2D eigenvalue weighted by Crippen LogP contribution is -2.39. The van der Waals surface area contributed by atoms with E-state index in [0.717, 1.165) is 25.9 Å². The number of halogens is 1. The number of nitrogen functional groups attached to an aromatic ring is 1. The molecular weight excluding hydrogens is 261 g/mol. The number of rotatable bonds is 4. The number of hydrogen-bond donors (Lipinski definition) is 2. The minimum Gasteiger partial charge on any atom is -0.494 e. The average molecular weight is 281 g/mol. The monoisotopic (exact) mass is 281 g/mol. The van der Waals surface area contributed by atoms with Gasteiger partial charge in [0.2, 0.25) is 5.91 Å². The van der Waals surface area contributed by atoms with E-state index in [0.29, 0.717) is 5.69 Å². The van der Waals surface area contributed by atoms with Gasteiger partial charge in [-0.05, 0) is 19.3 Å². The number of methoxy groups -OCH3 is 1. The van der Waals surface area contributed by atoms with Crippen molar-refractivity contribution in [3.63, 3.8) is 0 Å². The van der Waals surface area contributed by atoms with Crippen LogP contribution in [0.4, 0.5) is 15.8 Å². The summed E-state index contributed by atoms with van der Waals surface area (Å²) in [6.45, 7) is 1.77. The van der Waals surface area contributed by atoms with Crippen molar-refractivity contribution in [3.05, 3.63) is 17.9 Å². The first kappa shape index (κ1) is 14.4. The Labute approximate surface area is 117 Å². The first-order valence-electron chi connectivity index (χ1n) is 6.76. The molecule has 0 aromatic heterocycles. The summed E-state index contributed by atoms with van der Waals surface area (Å²) in [7, 11) is 1.39. The lowest BCUT2D eigenvalue weighted by atomic mass is 10.1. The van der Waals surface area contributed by atoms with Gasteiger partial charge in [0.1, 0.15) is 0 Å². The van der Waals surface area contributed by atoms with Crippen molar-refractivity contribution in [1.82, 2.24) is 4.90 Å². The molecule has 110 valence electrons. The van der Waals surface area contributed by atoms with Crippen LogP contribution in [0.2, 0.25) is 0 Å². The zero-order valence-electron chi connectivity index (χ0n) is 11.6. The largest absolute Gasteiger partial charge is 0.494 e. The smallest absolute Gasteiger partial charge is 0.241 e. The van der Waals surface area contributed by atoms with Crippen LogP contribution in [0.3, 0.4) is 0 Å². The molecule has 0 unspecified atom stereocenters. The van der Waals surface area contributed by atoms with Crippen molar-refractivity contribution in [2.24, 2.45) is 0 Å². The molecule has 6 heteroatoms. The minimum absolute atomic E-state index is 0.0346. The van der Waals surface area contributed by atoms with E-state index in [-0.39, 0.29) is 23.9 Å². The van der Waals surface area contributed by atoms with Crippen LogP contribution >= 0.6 is 0 Å². The van der Waals surface area contributed by atoms with Crippen LogP contribution in [0.1, 0.15) is 19.3 Å².